The Kier molecular flexibility index (Phi) is 5.71. The molecule has 7 heteroatoms. The van der Waals surface area contributed by atoms with E-state index in [1.807, 2.05) is 49.4 Å². The number of nitrogens with one attached hydrogen (secondary N) is 2. The molecule has 140 valence electrons. The molecule has 0 amide bonds. The number of anilines is 1. The number of rotatable bonds is 7. The summed E-state index contributed by atoms with van der Waals surface area (Å²) in [6, 6.07) is 15.4. The molecule has 2 N–H and O–H groups in total. The summed E-state index contributed by atoms with van der Waals surface area (Å²) < 4.78 is 10.5. The Morgan fingerprint density at radius 2 is 1.78 bits per heavy atom. The number of benzene rings is 2. The van der Waals surface area contributed by atoms with Crippen molar-refractivity contribution in [2.75, 3.05) is 19.5 Å². The number of ether oxygens (including phenoxy) is 2. The summed E-state index contributed by atoms with van der Waals surface area (Å²) >= 11 is 0. The van der Waals surface area contributed by atoms with Crippen LogP contribution in [0.2, 0.25) is 0 Å². The Balaban J connectivity index is 1.74. The standard InChI is InChI=1S/C20H22N4O3/c1-13(15-7-5-4-6-8-15)21-20-22-19(25)16(23-24-20)11-14-9-10-17(26-2)18(12-14)27-3/h4-10,12-13H,11H2,1-3H3,(H2,21,22,24,25)/t13-/m1/s1. The number of nitrogens with zero attached hydrogens (tertiary/aromatic N) is 2. The maximum atomic E-state index is 12.4. The predicted octanol–water partition coefficient (Wildman–Crippen LogP) is 2.95. The topological polar surface area (TPSA) is 89.1 Å². The summed E-state index contributed by atoms with van der Waals surface area (Å²) in [5.41, 5.74) is 2.03. The fourth-order valence-electron chi connectivity index (χ4n) is 2.76. The van der Waals surface area contributed by atoms with Crippen molar-refractivity contribution in [2.45, 2.75) is 19.4 Å². The Morgan fingerprint density at radius 3 is 2.44 bits per heavy atom. The fraction of sp³-hybridized carbons (Fsp3) is 0.250. The van der Waals surface area contributed by atoms with Gasteiger partial charge < -0.3 is 14.8 Å². The number of hydrogen-bond donors (Lipinski definition) is 2. The largest absolute Gasteiger partial charge is 0.493 e. The first-order chi connectivity index (χ1) is 13.1. The van der Waals surface area contributed by atoms with Crippen LogP contribution in [0.3, 0.4) is 0 Å². The lowest BCUT2D eigenvalue weighted by Crippen LogP contribution is -2.21. The number of aromatic nitrogens is 3. The third kappa shape index (κ3) is 4.44. The Hall–Kier alpha value is -3.35. The average Bonchev–Trinajstić information content (AvgIpc) is 2.70. The van der Waals surface area contributed by atoms with E-state index in [0.717, 1.165) is 11.1 Å². The van der Waals surface area contributed by atoms with Crippen molar-refractivity contribution >= 4 is 5.95 Å². The number of H-pyrrole nitrogens is 1. The van der Waals surface area contributed by atoms with Crippen molar-refractivity contribution in [3.63, 3.8) is 0 Å². The average molecular weight is 366 g/mol. The molecule has 0 unspecified atom stereocenters. The van der Waals surface area contributed by atoms with Gasteiger partial charge in [0.05, 0.1) is 20.3 Å². The zero-order valence-corrected chi connectivity index (χ0v) is 15.5. The van der Waals surface area contributed by atoms with Crippen LogP contribution in [0.15, 0.2) is 53.3 Å². The van der Waals surface area contributed by atoms with Crippen LogP contribution in [-0.4, -0.2) is 29.4 Å². The fourth-order valence-corrected chi connectivity index (χ4v) is 2.76. The number of hydrogen-bond acceptors (Lipinski definition) is 6. The van der Waals surface area contributed by atoms with Crippen molar-refractivity contribution in [1.29, 1.82) is 0 Å². The van der Waals surface area contributed by atoms with E-state index in [2.05, 4.69) is 20.5 Å². The van der Waals surface area contributed by atoms with Crippen molar-refractivity contribution in [1.82, 2.24) is 15.2 Å². The predicted molar refractivity (Wildman–Crippen MR) is 103 cm³/mol. The third-order valence-corrected chi connectivity index (χ3v) is 4.24. The van der Waals surface area contributed by atoms with Crippen molar-refractivity contribution < 1.29 is 9.47 Å². The summed E-state index contributed by atoms with van der Waals surface area (Å²) in [6.45, 7) is 1.99. The van der Waals surface area contributed by atoms with Crippen molar-refractivity contribution in [3.05, 3.63) is 75.7 Å². The molecular weight excluding hydrogens is 344 g/mol. The Labute approximate surface area is 157 Å². The molecule has 0 saturated heterocycles. The molecule has 0 radical (unpaired) electrons. The highest BCUT2D eigenvalue weighted by Gasteiger charge is 2.11. The first kappa shape index (κ1) is 18.4. The molecule has 0 bridgehead atoms. The molecule has 0 saturated carbocycles. The second-order valence-corrected chi connectivity index (χ2v) is 6.09. The highest BCUT2D eigenvalue weighted by Crippen LogP contribution is 2.28. The van der Waals surface area contributed by atoms with Gasteiger partial charge in [0, 0.05) is 6.42 Å². The van der Waals surface area contributed by atoms with Gasteiger partial charge in [-0.1, -0.05) is 36.4 Å². The molecule has 0 spiro atoms. The van der Waals surface area contributed by atoms with Gasteiger partial charge in [-0.2, -0.15) is 0 Å². The quantitative estimate of drug-likeness (QED) is 0.668. The molecule has 1 atom stereocenters. The van der Waals surface area contributed by atoms with Gasteiger partial charge in [-0.05, 0) is 30.2 Å². The summed E-state index contributed by atoms with van der Waals surface area (Å²) in [5, 5.41) is 11.4. The van der Waals surface area contributed by atoms with E-state index < -0.39 is 0 Å². The van der Waals surface area contributed by atoms with Gasteiger partial charge in [0.1, 0.15) is 5.69 Å². The van der Waals surface area contributed by atoms with Gasteiger partial charge >= 0.3 is 0 Å². The van der Waals surface area contributed by atoms with Crippen molar-refractivity contribution in [3.8, 4) is 11.5 Å². The lowest BCUT2D eigenvalue weighted by atomic mass is 10.1. The van der Waals surface area contributed by atoms with Crippen LogP contribution in [-0.2, 0) is 6.42 Å². The van der Waals surface area contributed by atoms with E-state index in [1.54, 1.807) is 20.3 Å². The minimum Gasteiger partial charge on any atom is -0.493 e. The Bertz CT molecular complexity index is 957. The molecule has 27 heavy (non-hydrogen) atoms. The molecule has 0 fully saturated rings. The minimum atomic E-state index is -0.275. The van der Waals surface area contributed by atoms with Crippen LogP contribution >= 0.6 is 0 Å². The zero-order chi connectivity index (χ0) is 19.2. The molecule has 1 heterocycles. The van der Waals surface area contributed by atoms with Crippen LogP contribution in [0.4, 0.5) is 5.95 Å². The lowest BCUT2D eigenvalue weighted by Gasteiger charge is -2.14. The molecule has 0 aliphatic rings. The molecule has 7 nitrogen and oxygen atoms in total. The normalized spacial score (nSPS) is 11.7. The van der Waals surface area contributed by atoms with Gasteiger partial charge in [-0.25, -0.2) is 0 Å². The van der Waals surface area contributed by atoms with E-state index >= 15 is 0 Å². The van der Waals surface area contributed by atoms with E-state index in [-0.39, 0.29) is 11.6 Å². The molecule has 3 rings (SSSR count). The monoisotopic (exact) mass is 366 g/mol. The van der Waals surface area contributed by atoms with Crippen molar-refractivity contribution in [2.24, 2.45) is 0 Å². The van der Waals surface area contributed by atoms with Crippen LogP contribution in [0.5, 0.6) is 11.5 Å². The van der Waals surface area contributed by atoms with Crippen LogP contribution in [0, 0.1) is 0 Å². The third-order valence-electron chi connectivity index (χ3n) is 4.24. The van der Waals surface area contributed by atoms with Gasteiger partial charge in [-0.15, -0.1) is 10.2 Å². The first-order valence-electron chi connectivity index (χ1n) is 8.59. The smallest absolute Gasteiger partial charge is 0.274 e. The molecule has 3 aromatic rings. The summed E-state index contributed by atoms with van der Waals surface area (Å²) in [4.78, 5) is 15.1. The van der Waals surface area contributed by atoms with E-state index in [4.69, 9.17) is 9.47 Å². The summed E-state index contributed by atoms with van der Waals surface area (Å²) in [6.07, 6.45) is 0.344. The second kappa shape index (κ2) is 8.35. The van der Waals surface area contributed by atoms with Crippen LogP contribution in [0.1, 0.15) is 29.8 Å². The molecule has 1 aromatic heterocycles. The zero-order valence-electron chi connectivity index (χ0n) is 15.5. The van der Waals surface area contributed by atoms with Crippen LogP contribution < -0.4 is 20.3 Å². The SMILES string of the molecule is COc1ccc(Cc2nnc(N[C@H](C)c3ccccc3)[nH]c2=O)cc1OC. The number of methoxy groups -OCH3 is 2. The van der Waals surface area contributed by atoms with Gasteiger partial charge in [0.15, 0.2) is 11.5 Å². The summed E-state index contributed by atoms with van der Waals surface area (Å²) in [5.74, 6) is 1.58. The first-order valence-corrected chi connectivity index (χ1v) is 8.59. The maximum absolute atomic E-state index is 12.4. The van der Waals surface area contributed by atoms with Gasteiger partial charge in [-0.3, -0.25) is 9.78 Å². The van der Waals surface area contributed by atoms with Gasteiger partial charge in [0.2, 0.25) is 5.95 Å². The molecule has 2 aromatic carbocycles. The van der Waals surface area contributed by atoms with E-state index in [1.165, 1.54) is 0 Å². The lowest BCUT2D eigenvalue weighted by molar-refractivity contribution is 0.354. The maximum Gasteiger partial charge on any atom is 0.274 e. The second-order valence-electron chi connectivity index (χ2n) is 6.09. The molecule has 0 aliphatic carbocycles. The Morgan fingerprint density at radius 1 is 1.04 bits per heavy atom. The minimum absolute atomic E-state index is 0.00662. The highest BCUT2D eigenvalue weighted by molar-refractivity contribution is 5.43. The molecule has 0 aliphatic heterocycles. The number of aromatic amines is 1. The highest BCUT2D eigenvalue weighted by atomic mass is 16.5. The van der Waals surface area contributed by atoms with E-state index in [0.29, 0.717) is 29.6 Å². The molecular formula is C20H22N4O3. The van der Waals surface area contributed by atoms with E-state index in [9.17, 15) is 4.79 Å². The van der Waals surface area contributed by atoms with Gasteiger partial charge in [0.25, 0.3) is 5.56 Å². The van der Waals surface area contributed by atoms with Crippen LogP contribution in [0.25, 0.3) is 0 Å². The summed E-state index contributed by atoms with van der Waals surface area (Å²) in [7, 11) is 3.15.